The van der Waals surface area contributed by atoms with E-state index in [1.807, 2.05) is 24.3 Å². The number of aromatic nitrogens is 1. The van der Waals surface area contributed by atoms with Crippen LogP contribution < -0.4 is 5.32 Å². The van der Waals surface area contributed by atoms with Crippen LogP contribution in [0.5, 0.6) is 0 Å². The van der Waals surface area contributed by atoms with Gasteiger partial charge in [0.25, 0.3) is 0 Å². The number of nitrogens with one attached hydrogen (secondary N) is 1. The molecule has 0 spiro atoms. The van der Waals surface area contributed by atoms with Gasteiger partial charge in [-0.05, 0) is 23.3 Å². The van der Waals surface area contributed by atoms with E-state index in [1.165, 1.54) is 0 Å². The number of benzene rings is 1. The molecule has 3 rings (SSSR count). The number of rotatable bonds is 2. The summed E-state index contributed by atoms with van der Waals surface area (Å²) in [5.74, 6) is 0.519. The molecule has 0 radical (unpaired) electrons. The van der Waals surface area contributed by atoms with Gasteiger partial charge in [-0.2, -0.15) is 5.26 Å². The average Bonchev–Trinajstić information content (AvgIpc) is 2.76. The Labute approximate surface area is 111 Å². The summed E-state index contributed by atoms with van der Waals surface area (Å²) < 4.78 is 0. The van der Waals surface area contributed by atoms with Crippen molar-refractivity contribution in [2.45, 2.75) is 18.6 Å². The number of pyridine rings is 1. The third-order valence-corrected chi connectivity index (χ3v) is 3.42. The predicted molar refractivity (Wildman–Crippen MR) is 71.5 cm³/mol. The van der Waals surface area contributed by atoms with E-state index in [-0.39, 0.29) is 6.04 Å². The molecule has 1 aromatic heterocycles. The van der Waals surface area contributed by atoms with Crippen LogP contribution in [0.3, 0.4) is 0 Å². The van der Waals surface area contributed by atoms with Crippen molar-refractivity contribution >= 4 is 5.82 Å². The van der Waals surface area contributed by atoms with Gasteiger partial charge in [0, 0.05) is 12.6 Å². The Balaban J connectivity index is 1.94. The molecule has 0 fully saturated rings. The zero-order valence-corrected chi connectivity index (χ0v) is 10.2. The fraction of sp³-hybridized carbons (Fsp3) is 0.200. The molecule has 1 aliphatic rings. The quantitative estimate of drug-likeness (QED) is 0.856. The third-order valence-electron chi connectivity index (χ3n) is 3.42. The molecule has 1 heterocycles. The Morgan fingerprint density at radius 2 is 2.11 bits per heavy atom. The topological polar surface area (TPSA) is 68.9 Å². The SMILES string of the molecule is N#Cc1cccnc1N[C@@H]1c2ccccc2C[C@@H]1O. The number of fused-ring (bicyclic) bond motifs is 1. The molecule has 19 heavy (non-hydrogen) atoms. The minimum Gasteiger partial charge on any atom is -0.390 e. The molecule has 4 nitrogen and oxygen atoms in total. The van der Waals surface area contributed by atoms with E-state index in [0.29, 0.717) is 17.8 Å². The van der Waals surface area contributed by atoms with E-state index < -0.39 is 6.10 Å². The molecule has 0 saturated carbocycles. The Morgan fingerprint density at radius 3 is 2.95 bits per heavy atom. The number of aliphatic hydroxyl groups is 1. The number of nitriles is 1. The summed E-state index contributed by atoms with van der Waals surface area (Å²) in [5.41, 5.74) is 2.70. The molecule has 2 atom stereocenters. The summed E-state index contributed by atoms with van der Waals surface area (Å²) in [6, 6.07) is 13.3. The Bertz CT molecular complexity index is 648. The van der Waals surface area contributed by atoms with Crippen LogP contribution in [0.1, 0.15) is 22.7 Å². The Hall–Kier alpha value is -2.38. The molecule has 0 unspecified atom stereocenters. The molecule has 2 aromatic rings. The maximum Gasteiger partial charge on any atom is 0.144 e. The molecule has 0 amide bonds. The predicted octanol–water partition coefficient (Wildman–Crippen LogP) is 2.02. The van der Waals surface area contributed by atoms with Crippen LogP contribution in [0.25, 0.3) is 0 Å². The first-order valence-corrected chi connectivity index (χ1v) is 6.17. The highest BCUT2D eigenvalue weighted by Crippen LogP contribution is 2.34. The van der Waals surface area contributed by atoms with E-state index in [1.54, 1.807) is 18.3 Å². The minimum absolute atomic E-state index is 0.210. The molecule has 4 heteroatoms. The highest BCUT2D eigenvalue weighted by molar-refractivity contribution is 5.54. The number of hydrogen-bond acceptors (Lipinski definition) is 4. The highest BCUT2D eigenvalue weighted by atomic mass is 16.3. The summed E-state index contributed by atoms with van der Waals surface area (Å²) in [5, 5.41) is 22.4. The lowest BCUT2D eigenvalue weighted by Crippen LogP contribution is -2.22. The number of hydrogen-bond donors (Lipinski definition) is 2. The summed E-state index contributed by atoms with van der Waals surface area (Å²) in [6.07, 6.45) is 1.77. The van der Waals surface area contributed by atoms with Crippen molar-refractivity contribution in [3.8, 4) is 6.07 Å². The van der Waals surface area contributed by atoms with Crippen LogP contribution in [-0.4, -0.2) is 16.2 Å². The number of nitrogens with zero attached hydrogens (tertiary/aromatic N) is 2. The van der Waals surface area contributed by atoms with Crippen LogP contribution in [0.4, 0.5) is 5.82 Å². The van der Waals surface area contributed by atoms with Gasteiger partial charge in [0.1, 0.15) is 11.9 Å². The Kier molecular flexibility index (Phi) is 2.90. The smallest absolute Gasteiger partial charge is 0.144 e. The standard InChI is InChI=1S/C15H13N3O/c16-9-11-5-3-7-17-15(11)18-14-12-6-2-1-4-10(12)8-13(14)19/h1-7,13-14,19H,8H2,(H,17,18)/t13-,14+/m0/s1. The van der Waals surface area contributed by atoms with Gasteiger partial charge in [0.2, 0.25) is 0 Å². The number of anilines is 1. The maximum absolute atomic E-state index is 10.2. The molecule has 2 N–H and O–H groups in total. The normalized spacial score (nSPS) is 20.6. The van der Waals surface area contributed by atoms with Crippen LogP contribution in [0.15, 0.2) is 42.6 Å². The summed E-state index contributed by atoms with van der Waals surface area (Å²) in [4.78, 5) is 4.18. The van der Waals surface area contributed by atoms with Gasteiger partial charge < -0.3 is 10.4 Å². The monoisotopic (exact) mass is 251 g/mol. The van der Waals surface area contributed by atoms with Crippen molar-refractivity contribution in [2.24, 2.45) is 0 Å². The zero-order chi connectivity index (χ0) is 13.2. The van der Waals surface area contributed by atoms with Crippen molar-refractivity contribution in [1.29, 1.82) is 5.26 Å². The van der Waals surface area contributed by atoms with E-state index in [0.717, 1.165) is 11.1 Å². The lowest BCUT2D eigenvalue weighted by molar-refractivity contribution is 0.165. The first-order chi connectivity index (χ1) is 9.29. The summed E-state index contributed by atoms with van der Waals surface area (Å²) in [7, 11) is 0. The van der Waals surface area contributed by atoms with E-state index >= 15 is 0 Å². The van der Waals surface area contributed by atoms with E-state index in [9.17, 15) is 5.11 Å². The second-order valence-corrected chi connectivity index (χ2v) is 4.60. The second kappa shape index (κ2) is 4.71. The van der Waals surface area contributed by atoms with Gasteiger partial charge in [-0.3, -0.25) is 0 Å². The van der Waals surface area contributed by atoms with Gasteiger partial charge >= 0.3 is 0 Å². The zero-order valence-electron chi connectivity index (χ0n) is 10.2. The largest absolute Gasteiger partial charge is 0.390 e. The molecule has 1 aliphatic carbocycles. The van der Waals surface area contributed by atoms with Crippen LogP contribution >= 0.6 is 0 Å². The van der Waals surface area contributed by atoms with Crippen LogP contribution in [0.2, 0.25) is 0 Å². The fourth-order valence-electron chi connectivity index (χ4n) is 2.51. The molecule has 94 valence electrons. The van der Waals surface area contributed by atoms with Crippen LogP contribution in [-0.2, 0) is 6.42 Å². The van der Waals surface area contributed by atoms with E-state index in [2.05, 4.69) is 16.4 Å². The van der Waals surface area contributed by atoms with Crippen molar-refractivity contribution in [1.82, 2.24) is 4.98 Å². The van der Waals surface area contributed by atoms with Gasteiger partial charge in [-0.15, -0.1) is 0 Å². The third kappa shape index (κ3) is 2.05. The second-order valence-electron chi connectivity index (χ2n) is 4.60. The minimum atomic E-state index is -0.494. The van der Waals surface area contributed by atoms with Gasteiger partial charge in [-0.1, -0.05) is 24.3 Å². The molecular formula is C15H13N3O. The van der Waals surface area contributed by atoms with Gasteiger partial charge in [-0.25, -0.2) is 4.98 Å². The van der Waals surface area contributed by atoms with Crippen molar-refractivity contribution in [2.75, 3.05) is 5.32 Å². The molecule has 1 aromatic carbocycles. The van der Waals surface area contributed by atoms with Crippen molar-refractivity contribution in [3.63, 3.8) is 0 Å². The highest BCUT2D eigenvalue weighted by Gasteiger charge is 2.31. The van der Waals surface area contributed by atoms with Crippen molar-refractivity contribution < 1.29 is 5.11 Å². The lowest BCUT2D eigenvalue weighted by atomic mass is 10.1. The van der Waals surface area contributed by atoms with Gasteiger partial charge in [0.15, 0.2) is 0 Å². The van der Waals surface area contributed by atoms with Crippen molar-refractivity contribution in [3.05, 3.63) is 59.3 Å². The summed E-state index contributed by atoms with van der Waals surface area (Å²) >= 11 is 0. The molecule has 0 aliphatic heterocycles. The van der Waals surface area contributed by atoms with Gasteiger partial charge in [0.05, 0.1) is 17.7 Å². The molecular weight excluding hydrogens is 238 g/mol. The average molecular weight is 251 g/mol. The summed E-state index contributed by atoms with van der Waals surface area (Å²) in [6.45, 7) is 0. The lowest BCUT2D eigenvalue weighted by Gasteiger charge is -2.19. The van der Waals surface area contributed by atoms with E-state index in [4.69, 9.17) is 5.26 Å². The number of aliphatic hydroxyl groups excluding tert-OH is 1. The fourth-order valence-corrected chi connectivity index (χ4v) is 2.51. The molecule has 0 bridgehead atoms. The Morgan fingerprint density at radius 1 is 1.26 bits per heavy atom. The molecule has 0 saturated heterocycles. The maximum atomic E-state index is 10.2. The first-order valence-electron chi connectivity index (χ1n) is 6.17. The first kappa shape index (κ1) is 11.7. The van der Waals surface area contributed by atoms with Crippen LogP contribution in [0, 0.1) is 11.3 Å².